The second-order valence-corrected chi connectivity index (χ2v) is 4.26. The standard InChI is InChI=1S/C12H14BrNO2/c1-3-15-8-9(2)16-12-5-4-11(13)6-10(12)7-14/h4-6,9H,3,8H2,1-2H3. The number of rotatable bonds is 5. The summed E-state index contributed by atoms with van der Waals surface area (Å²) < 4.78 is 11.7. The van der Waals surface area contributed by atoms with E-state index < -0.39 is 0 Å². The molecule has 1 unspecified atom stereocenters. The Kier molecular flexibility index (Phi) is 5.30. The number of benzene rings is 1. The zero-order valence-corrected chi connectivity index (χ0v) is 11.0. The lowest BCUT2D eigenvalue weighted by molar-refractivity contribution is 0.0655. The van der Waals surface area contributed by atoms with E-state index in [1.807, 2.05) is 19.9 Å². The smallest absolute Gasteiger partial charge is 0.137 e. The molecule has 4 heteroatoms. The fraction of sp³-hybridized carbons (Fsp3) is 0.417. The van der Waals surface area contributed by atoms with Gasteiger partial charge in [-0.15, -0.1) is 0 Å². The molecule has 0 aliphatic heterocycles. The molecule has 16 heavy (non-hydrogen) atoms. The van der Waals surface area contributed by atoms with Crippen molar-refractivity contribution in [2.45, 2.75) is 20.0 Å². The van der Waals surface area contributed by atoms with Crippen LogP contribution >= 0.6 is 15.9 Å². The molecule has 0 fully saturated rings. The normalized spacial score (nSPS) is 11.9. The van der Waals surface area contributed by atoms with Gasteiger partial charge in [-0.25, -0.2) is 0 Å². The van der Waals surface area contributed by atoms with Gasteiger partial charge in [0, 0.05) is 11.1 Å². The van der Waals surface area contributed by atoms with E-state index in [1.165, 1.54) is 0 Å². The molecule has 0 spiro atoms. The second-order valence-electron chi connectivity index (χ2n) is 3.34. The number of nitriles is 1. The van der Waals surface area contributed by atoms with Crippen LogP contribution in [-0.2, 0) is 4.74 Å². The van der Waals surface area contributed by atoms with Crippen LogP contribution in [0.4, 0.5) is 0 Å². The summed E-state index contributed by atoms with van der Waals surface area (Å²) in [5.74, 6) is 0.595. The van der Waals surface area contributed by atoms with Crippen LogP contribution in [0, 0.1) is 11.3 Å². The molecule has 0 aromatic heterocycles. The molecule has 1 atom stereocenters. The summed E-state index contributed by atoms with van der Waals surface area (Å²) in [4.78, 5) is 0. The monoisotopic (exact) mass is 283 g/mol. The van der Waals surface area contributed by atoms with Gasteiger partial charge in [-0.3, -0.25) is 0 Å². The second kappa shape index (κ2) is 6.51. The van der Waals surface area contributed by atoms with Crippen molar-refractivity contribution in [3.05, 3.63) is 28.2 Å². The van der Waals surface area contributed by atoms with Crippen molar-refractivity contribution < 1.29 is 9.47 Å². The van der Waals surface area contributed by atoms with E-state index in [0.717, 1.165) is 4.47 Å². The molecule has 1 rings (SSSR count). The lowest BCUT2D eigenvalue weighted by Gasteiger charge is -2.15. The van der Waals surface area contributed by atoms with Gasteiger partial charge < -0.3 is 9.47 Å². The predicted molar refractivity (Wildman–Crippen MR) is 65.4 cm³/mol. The third-order valence-electron chi connectivity index (χ3n) is 1.95. The zero-order chi connectivity index (χ0) is 12.0. The Morgan fingerprint density at radius 1 is 1.50 bits per heavy atom. The van der Waals surface area contributed by atoms with Gasteiger partial charge in [0.2, 0.25) is 0 Å². The van der Waals surface area contributed by atoms with E-state index in [9.17, 15) is 0 Å². The van der Waals surface area contributed by atoms with Crippen molar-refractivity contribution in [3.8, 4) is 11.8 Å². The van der Waals surface area contributed by atoms with Gasteiger partial charge >= 0.3 is 0 Å². The Hall–Kier alpha value is -1.05. The van der Waals surface area contributed by atoms with Crippen LogP contribution in [0.25, 0.3) is 0 Å². The summed E-state index contributed by atoms with van der Waals surface area (Å²) >= 11 is 3.31. The van der Waals surface area contributed by atoms with Crippen LogP contribution in [0.5, 0.6) is 5.75 Å². The first-order valence-electron chi connectivity index (χ1n) is 5.11. The maximum Gasteiger partial charge on any atom is 0.137 e. The van der Waals surface area contributed by atoms with Gasteiger partial charge in [0.1, 0.15) is 17.9 Å². The minimum absolute atomic E-state index is 0.0618. The third-order valence-corrected chi connectivity index (χ3v) is 2.44. The van der Waals surface area contributed by atoms with E-state index in [1.54, 1.807) is 12.1 Å². The minimum Gasteiger partial charge on any atom is -0.487 e. The summed E-state index contributed by atoms with van der Waals surface area (Å²) in [7, 11) is 0. The summed E-state index contributed by atoms with van der Waals surface area (Å²) in [5.41, 5.74) is 0.526. The first kappa shape index (κ1) is 13.0. The summed E-state index contributed by atoms with van der Waals surface area (Å²) in [6.07, 6.45) is -0.0618. The molecule has 0 bridgehead atoms. The molecule has 0 aliphatic carbocycles. The SMILES string of the molecule is CCOCC(C)Oc1ccc(Br)cc1C#N. The highest BCUT2D eigenvalue weighted by Gasteiger charge is 2.08. The van der Waals surface area contributed by atoms with Crippen LogP contribution in [0.2, 0.25) is 0 Å². The van der Waals surface area contributed by atoms with Crippen molar-refractivity contribution in [3.63, 3.8) is 0 Å². The Morgan fingerprint density at radius 2 is 2.25 bits per heavy atom. The van der Waals surface area contributed by atoms with Crippen molar-refractivity contribution >= 4 is 15.9 Å². The van der Waals surface area contributed by atoms with Crippen molar-refractivity contribution in [2.75, 3.05) is 13.2 Å². The predicted octanol–water partition coefficient (Wildman–Crippen LogP) is 3.12. The van der Waals surface area contributed by atoms with Crippen molar-refractivity contribution in [1.29, 1.82) is 5.26 Å². The van der Waals surface area contributed by atoms with Crippen LogP contribution in [0.3, 0.4) is 0 Å². The van der Waals surface area contributed by atoms with Gasteiger partial charge in [0.25, 0.3) is 0 Å². The molecule has 0 saturated carbocycles. The minimum atomic E-state index is -0.0618. The zero-order valence-electron chi connectivity index (χ0n) is 9.37. The number of ether oxygens (including phenoxy) is 2. The Morgan fingerprint density at radius 3 is 2.88 bits per heavy atom. The highest BCUT2D eigenvalue weighted by Crippen LogP contribution is 2.23. The van der Waals surface area contributed by atoms with Crippen LogP contribution in [0.1, 0.15) is 19.4 Å². The van der Waals surface area contributed by atoms with E-state index in [0.29, 0.717) is 24.5 Å². The van der Waals surface area contributed by atoms with Crippen LogP contribution in [0.15, 0.2) is 22.7 Å². The van der Waals surface area contributed by atoms with E-state index in [2.05, 4.69) is 22.0 Å². The van der Waals surface area contributed by atoms with Crippen LogP contribution < -0.4 is 4.74 Å². The maximum absolute atomic E-state index is 8.95. The summed E-state index contributed by atoms with van der Waals surface area (Å²) in [5, 5.41) is 8.95. The highest BCUT2D eigenvalue weighted by atomic mass is 79.9. The molecule has 0 aliphatic rings. The Labute approximate surface area is 104 Å². The number of nitrogens with zero attached hydrogens (tertiary/aromatic N) is 1. The molecule has 0 N–H and O–H groups in total. The number of halogens is 1. The van der Waals surface area contributed by atoms with E-state index in [-0.39, 0.29) is 6.10 Å². The first-order valence-corrected chi connectivity index (χ1v) is 5.90. The van der Waals surface area contributed by atoms with Crippen molar-refractivity contribution in [2.24, 2.45) is 0 Å². The molecule has 0 amide bonds. The summed E-state index contributed by atoms with van der Waals surface area (Å²) in [6, 6.07) is 7.47. The van der Waals surface area contributed by atoms with E-state index >= 15 is 0 Å². The highest BCUT2D eigenvalue weighted by molar-refractivity contribution is 9.10. The molecular weight excluding hydrogens is 270 g/mol. The fourth-order valence-corrected chi connectivity index (χ4v) is 1.59. The van der Waals surface area contributed by atoms with Gasteiger partial charge in [-0.2, -0.15) is 5.26 Å². The fourth-order valence-electron chi connectivity index (χ4n) is 1.23. The van der Waals surface area contributed by atoms with Crippen molar-refractivity contribution in [1.82, 2.24) is 0 Å². The first-order chi connectivity index (χ1) is 7.67. The van der Waals surface area contributed by atoms with E-state index in [4.69, 9.17) is 14.7 Å². The molecular formula is C12H14BrNO2. The largest absolute Gasteiger partial charge is 0.487 e. The quantitative estimate of drug-likeness (QED) is 0.834. The number of hydrogen-bond donors (Lipinski definition) is 0. The molecule has 1 aromatic rings. The number of hydrogen-bond acceptors (Lipinski definition) is 3. The Bertz CT molecular complexity index is 387. The average molecular weight is 284 g/mol. The maximum atomic E-state index is 8.95. The van der Waals surface area contributed by atoms with Gasteiger partial charge in [0.15, 0.2) is 0 Å². The molecule has 86 valence electrons. The van der Waals surface area contributed by atoms with Gasteiger partial charge in [0.05, 0.1) is 12.2 Å². The molecule has 0 saturated heterocycles. The topological polar surface area (TPSA) is 42.2 Å². The summed E-state index contributed by atoms with van der Waals surface area (Å²) in [6.45, 7) is 5.04. The lowest BCUT2D eigenvalue weighted by Crippen LogP contribution is -2.19. The third kappa shape index (κ3) is 3.84. The molecule has 0 heterocycles. The molecule has 0 radical (unpaired) electrons. The Balaban J connectivity index is 2.70. The van der Waals surface area contributed by atoms with Crippen LogP contribution in [-0.4, -0.2) is 19.3 Å². The average Bonchev–Trinajstić information content (AvgIpc) is 2.28. The van der Waals surface area contributed by atoms with Gasteiger partial charge in [-0.05, 0) is 32.0 Å². The van der Waals surface area contributed by atoms with Gasteiger partial charge in [-0.1, -0.05) is 15.9 Å². The molecule has 1 aromatic carbocycles. The molecule has 3 nitrogen and oxygen atoms in total. The lowest BCUT2D eigenvalue weighted by atomic mass is 10.2.